The molecular formula is C23H18N6O4S. The highest BCUT2D eigenvalue weighted by atomic mass is 32.1. The second-order valence-corrected chi connectivity index (χ2v) is 8.47. The van der Waals surface area contributed by atoms with Gasteiger partial charge in [0.05, 0.1) is 22.6 Å². The Kier molecular flexibility index (Phi) is 6.16. The maximum absolute atomic E-state index is 13.5. The molecule has 0 aliphatic carbocycles. The number of hydrogen-bond acceptors (Lipinski definition) is 8. The molecular weight excluding hydrogens is 456 g/mol. The number of hydrogen-bond donors (Lipinski definition) is 1. The molecule has 0 saturated heterocycles. The summed E-state index contributed by atoms with van der Waals surface area (Å²) in [5.74, 6) is -4.20. The summed E-state index contributed by atoms with van der Waals surface area (Å²) in [5.41, 5.74) is 7.47. The molecule has 1 aliphatic rings. The molecule has 0 radical (unpaired) electrons. The summed E-state index contributed by atoms with van der Waals surface area (Å²) in [7, 11) is 0. The van der Waals surface area contributed by atoms with E-state index in [4.69, 9.17) is 5.73 Å². The Labute approximate surface area is 198 Å². The second kappa shape index (κ2) is 9.21. The monoisotopic (exact) mass is 474 g/mol. The molecule has 0 fully saturated rings. The number of carbonyl (C=O) groups is 2. The molecule has 1 aliphatic heterocycles. The van der Waals surface area contributed by atoms with Crippen molar-refractivity contribution in [3.05, 3.63) is 75.7 Å². The van der Waals surface area contributed by atoms with Crippen molar-refractivity contribution < 1.29 is 14.5 Å². The Hall–Kier alpha value is -4.43. The van der Waals surface area contributed by atoms with Crippen molar-refractivity contribution in [2.45, 2.75) is 12.8 Å². The van der Waals surface area contributed by atoms with E-state index in [-0.39, 0.29) is 10.8 Å². The summed E-state index contributed by atoms with van der Waals surface area (Å²) in [5, 5.41) is 28.2. The smallest absolute Gasteiger partial charge is 0.270 e. The number of aromatic nitrogens is 1. The number of nitro benzene ring substituents is 1. The lowest BCUT2D eigenvalue weighted by molar-refractivity contribution is -0.384. The Bertz CT molecular complexity index is 1350. The minimum atomic E-state index is -1.24. The van der Waals surface area contributed by atoms with Crippen LogP contribution < -0.4 is 10.7 Å². The number of amides is 2. The van der Waals surface area contributed by atoms with Gasteiger partial charge in [-0.05, 0) is 12.5 Å². The summed E-state index contributed by atoms with van der Waals surface area (Å²) >= 11 is 1.15. The van der Waals surface area contributed by atoms with E-state index in [0.717, 1.165) is 16.3 Å². The summed E-state index contributed by atoms with van der Waals surface area (Å²) in [6.45, 7) is 1.66. The summed E-state index contributed by atoms with van der Waals surface area (Å²) < 4.78 is 0. The minimum absolute atomic E-state index is 0.0714. The van der Waals surface area contributed by atoms with Crippen molar-refractivity contribution in [2.24, 2.45) is 22.7 Å². The van der Waals surface area contributed by atoms with E-state index in [2.05, 4.69) is 10.1 Å². The standard InChI is InChI=1S/C23H18N6O4S/c1-13-19(20(17(11-24)21(25)30)14-6-3-2-4-7-14)22(31)28(27-13)23-26-18(12-34-23)15-8-5-9-16(10-15)29(32)33/h2-10,12,17,19-20H,1H3,(H2,25,30)/t17-,19+,20-/m1/s1. The van der Waals surface area contributed by atoms with E-state index in [1.54, 1.807) is 54.8 Å². The van der Waals surface area contributed by atoms with Crippen LogP contribution in [-0.4, -0.2) is 27.4 Å². The molecule has 2 N–H and O–H groups in total. The topological polar surface area (TPSA) is 156 Å². The number of hydrazone groups is 1. The summed E-state index contributed by atoms with van der Waals surface area (Å²) in [6.07, 6.45) is 0. The van der Waals surface area contributed by atoms with Crippen LogP contribution in [0.2, 0.25) is 0 Å². The number of anilines is 1. The maximum atomic E-state index is 13.5. The number of non-ortho nitro benzene ring substituents is 1. The minimum Gasteiger partial charge on any atom is -0.369 e. The lowest BCUT2D eigenvalue weighted by Crippen LogP contribution is -2.38. The highest BCUT2D eigenvalue weighted by Gasteiger charge is 2.46. The maximum Gasteiger partial charge on any atom is 0.270 e. The number of rotatable bonds is 7. The van der Waals surface area contributed by atoms with Gasteiger partial charge < -0.3 is 5.73 Å². The highest BCUT2D eigenvalue weighted by molar-refractivity contribution is 7.14. The van der Waals surface area contributed by atoms with Crippen LogP contribution in [0, 0.1) is 33.3 Å². The van der Waals surface area contributed by atoms with E-state index in [1.807, 2.05) is 6.07 Å². The van der Waals surface area contributed by atoms with Gasteiger partial charge in [-0.25, -0.2) is 4.98 Å². The van der Waals surface area contributed by atoms with Gasteiger partial charge in [0.1, 0.15) is 5.92 Å². The quantitative estimate of drug-likeness (QED) is 0.408. The summed E-state index contributed by atoms with van der Waals surface area (Å²) in [6, 6.07) is 16.8. The zero-order valence-electron chi connectivity index (χ0n) is 17.9. The molecule has 10 nitrogen and oxygen atoms in total. The first-order valence-corrected chi connectivity index (χ1v) is 11.0. The van der Waals surface area contributed by atoms with Gasteiger partial charge in [-0.15, -0.1) is 11.3 Å². The van der Waals surface area contributed by atoms with Crippen LogP contribution in [-0.2, 0) is 9.59 Å². The van der Waals surface area contributed by atoms with Gasteiger partial charge in [0, 0.05) is 34.7 Å². The predicted octanol–water partition coefficient (Wildman–Crippen LogP) is 3.47. The molecule has 11 heteroatoms. The molecule has 0 spiro atoms. The van der Waals surface area contributed by atoms with Gasteiger partial charge in [0.15, 0.2) is 0 Å². The van der Waals surface area contributed by atoms with Gasteiger partial charge >= 0.3 is 0 Å². The molecule has 0 saturated carbocycles. The first kappa shape index (κ1) is 22.8. The highest BCUT2D eigenvalue weighted by Crippen LogP contribution is 2.40. The number of nitrogens with two attached hydrogens (primary N) is 1. The van der Waals surface area contributed by atoms with Crippen molar-refractivity contribution >= 4 is 39.7 Å². The lowest BCUT2D eigenvalue weighted by atomic mass is 9.75. The largest absolute Gasteiger partial charge is 0.369 e. The van der Waals surface area contributed by atoms with Crippen LogP contribution in [0.25, 0.3) is 11.3 Å². The van der Waals surface area contributed by atoms with E-state index >= 15 is 0 Å². The molecule has 3 aromatic rings. The zero-order valence-corrected chi connectivity index (χ0v) is 18.7. The molecule has 2 heterocycles. The van der Waals surface area contributed by atoms with Crippen molar-refractivity contribution in [3.8, 4) is 17.3 Å². The Morgan fingerprint density at radius 1 is 1.26 bits per heavy atom. The van der Waals surface area contributed by atoms with Crippen LogP contribution >= 0.6 is 11.3 Å². The summed E-state index contributed by atoms with van der Waals surface area (Å²) in [4.78, 5) is 40.6. The average molecular weight is 475 g/mol. The van der Waals surface area contributed by atoms with E-state index in [1.165, 1.54) is 12.1 Å². The second-order valence-electron chi connectivity index (χ2n) is 7.64. The predicted molar refractivity (Wildman–Crippen MR) is 126 cm³/mol. The van der Waals surface area contributed by atoms with Crippen molar-refractivity contribution in [1.29, 1.82) is 5.26 Å². The van der Waals surface area contributed by atoms with Gasteiger partial charge in [-0.3, -0.25) is 19.7 Å². The van der Waals surface area contributed by atoms with E-state index in [0.29, 0.717) is 22.5 Å². The van der Waals surface area contributed by atoms with E-state index in [9.17, 15) is 25.0 Å². The van der Waals surface area contributed by atoms with Crippen molar-refractivity contribution in [1.82, 2.24) is 4.98 Å². The van der Waals surface area contributed by atoms with Gasteiger partial charge in [0.2, 0.25) is 11.0 Å². The fourth-order valence-corrected chi connectivity index (χ4v) is 4.76. The SMILES string of the molecule is CC1=NN(c2nc(-c3cccc([N+](=O)[O-])c3)cs2)C(=O)[C@@H]1[C@H](c1ccccc1)[C@@H](C#N)C(N)=O. The third kappa shape index (κ3) is 4.14. The first-order chi connectivity index (χ1) is 16.3. The normalized spacial score (nSPS) is 17.1. The Morgan fingerprint density at radius 2 is 2.00 bits per heavy atom. The van der Waals surface area contributed by atoms with Crippen LogP contribution in [0.1, 0.15) is 18.4 Å². The molecule has 1 aromatic heterocycles. The lowest BCUT2D eigenvalue weighted by Gasteiger charge is -2.25. The van der Waals surface area contributed by atoms with Gasteiger partial charge in [-0.1, -0.05) is 42.5 Å². The molecule has 2 aromatic carbocycles. The van der Waals surface area contributed by atoms with E-state index < -0.39 is 34.5 Å². The number of thiazole rings is 1. The zero-order chi connectivity index (χ0) is 24.4. The number of benzene rings is 2. The fourth-order valence-electron chi connectivity index (χ4n) is 3.98. The van der Waals surface area contributed by atoms with Gasteiger partial charge in [0.25, 0.3) is 11.6 Å². The van der Waals surface area contributed by atoms with Crippen LogP contribution in [0.15, 0.2) is 65.1 Å². The number of nitrogens with zero attached hydrogens (tertiary/aromatic N) is 5. The third-order valence-corrected chi connectivity index (χ3v) is 6.37. The van der Waals surface area contributed by atoms with Crippen LogP contribution in [0.4, 0.5) is 10.8 Å². The Balaban J connectivity index is 1.68. The molecule has 170 valence electrons. The van der Waals surface area contributed by atoms with Crippen molar-refractivity contribution in [2.75, 3.05) is 5.01 Å². The number of primary amides is 1. The molecule has 4 rings (SSSR count). The van der Waals surface area contributed by atoms with Crippen LogP contribution in [0.5, 0.6) is 0 Å². The molecule has 2 amide bonds. The third-order valence-electron chi connectivity index (χ3n) is 5.56. The number of nitriles is 1. The van der Waals surface area contributed by atoms with Crippen LogP contribution in [0.3, 0.4) is 0 Å². The first-order valence-electron chi connectivity index (χ1n) is 10.1. The molecule has 34 heavy (non-hydrogen) atoms. The van der Waals surface area contributed by atoms with Gasteiger partial charge in [-0.2, -0.15) is 15.4 Å². The average Bonchev–Trinajstić information content (AvgIpc) is 3.42. The number of carbonyl (C=O) groups excluding carboxylic acids is 2. The molecule has 3 atom stereocenters. The molecule has 0 bridgehead atoms. The van der Waals surface area contributed by atoms with Crippen molar-refractivity contribution in [3.63, 3.8) is 0 Å². The Morgan fingerprint density at radius 3 is 2.65 bits per heavy atom. The number of nitro groups is 1. The molecule has 0 unspecified atom stereocenters. The fraction of sp³-hybridized carbons (Fsp3) is 0.174.